The zero-order chi connectivity index (χ0) is 24.8. The lowest BCUT2D eigenvalue weighted by atomic mass is 10.0. The van der Waals surface area contributed by atoms with Gasteiger partial charge in [-0.05, 0) is 36.2 Å². The van der Waals surface area contributed by atoms with Gasteiger partial charge in [-0.15, -0.1) is 0 Å². The lowest BCUT2D eigenvalue weighted by Crippen LogP contribution is -2.40. The molecule has 1 N–H and O–H groups in total. The monoisotopic (exact) mass is 498 g/mol. The van der Waals surface area contributed by atoms with Crippen LogP contribution in [0.4, 0.5) is 5.69 Å². The van der Waals surface area contributed by atoms with Crippen molar-refractivity contribution in [1.82, 2.24) is 14.8 Å². The van der Waals surface area contributed by atoms with Gasteiger partial charge < -0.3 is 14.7 Å². The first-order valence-electron chi connectivity index (χ1n) is 11.4. The Bertz CT molecular complexity index is 1250. The van der Waals surface area contributed by atoms with Gasteiger partial charge in [-0.3, -0.25) is 18.9 Å². The van der Waals surface area contributed by atoms with Crippen LogP contribution in [0.3, 0.4) is 0 Å². The topological polar surface area (TPSA) is 105 Å². The van der Waals surface area contributed by atoms with E-state index < -0.39 is 10.9 Å². The Morgan fingerprint density at radius 2 is 2.09 bits per heavy atom. The smallest absolute Gasteiger partial charge is 0.260 e. The molecule has 0 bridgehead atoms. The van der Waals surface area contributed by atoms with Gasteiger partial charge in [-0.25, -0.2) is 4.21 Å². The fraction of sp³-hybridized carbons (Fsp3) is 0.360. The number of thiol groups is 1. The Hall–Kier alpha value is -3.05. The summed E-state index contributed by atoms with van der Waals surface area (Å²) in [6.45, 7) is 1.88. The number of ether oxygens (including phenoxy) is 1. The molecule has 1 aliphatic heterocycles. The van der Waals surface area contributed by atoms with Crippen LogP contribution in [0.5, 0.6) is 5.75 Å². The number of nitrogens with zero attached hydrogens (tertiary/aromatic N) is 4. The molecule has 2 unspecified atom stereocenters. The van der Waals surface area contributed by atoms with Crippen LogP contribution >= 0.6 is 0 Å². The first-order valence-corrected chi connectivity index (χ1v) is 12.5. The van der Waals surface area contributed by atoms with Gasteiger partial charge in [0, 0.05) is 38.3 Å². The van der Waals surface area contributed by atoms with Gasteiger partial charge in [0.2, 0.25) is 0 Å². The molecule has 1 aromatic heterocycles. The minimum atomic E-state index is -2.15. The number of amides is 1. The van der Waals surface area contributed by atoms with Gasteiger partial charge in [0.05, 0.1) is 30.5 Å². The number of fused-ring (bicyclic) bond motifs is 1. The molecule has 186 valence electrons. The highest BCUT2D eigenvalue weighted by molar-refractivity contribution is 7.69. The number of likely N-dealkylation sites (N-methyl/N-ethyl adjacent to an activating group) is 1. The summed E-state index contributed by atoms with van der Waals surface area (Å²) in [5.74, 6) is 0.312. The molecule has 0 spiro atoms. The number of benzene rings is 2. The first kappa shape index (κ1) is 25.1. The van der Waals surface area contributed by atoms with Crippen LogP contribution in [-0.2, 0) is 19.9 Å². The molecule has 35 heavy (non-hydrogen) atoms. The Kier molecular flexibility index (Phi) is 8.29. The molecule has 1 amide bonds. The Balaban J connectivity index is 1.51. The number of likely N-dealkylation sites (tertiary alicyclic amines) is 1. The zero-order valence-corrected chi connectivity index (χ0v) is 20.7. The van der Waals surface area contributed by atoms with Gasteiger partial charge in [0.25, 0.3) is 5.91 Å². The van der Waals surface area contributed by atoms with E-state index >= 15 is 0 Å². The first-order chi connectivity index (χ1) is 16.9. The second-order valence-corrected chi connectivity index (χ2v) is 9.49. The normalized spacial score (nSPS) is 18.0. The van der Waals surface area contributed by atoms with Crippen LogP contribution < -0.4 is 4.74 Å². The maximum atomic E-state index is 13.2. The summed E-state index contributed by atoms with van der Waals surface area (Å²) in [4.78, 5) is 21.4. The van der Waals surface area contributed by atoms with Crippen LogP contribution in [0.15, 0.2) is 65.2 Å². The minimum absolute atomic E-state index is 0.157. The molecule has 4 rings (SSSR count). The maximum absolute atomic E-state index is 13.2. The van der Waals surface area contributed by atoms with E-state index in [-0.39, 0.29) is 24.7 Å². The molecular weight excluding hydrogens is 468 g/mol. The lowest BCUT2D eigenvalue weighted by Gasteiger charge is -2.32. The fourth-order valence-corrected chi connectivity index (χ4v) is 4.59. The van der Waals surface area contributed by atoms with Gasteiger partial charge in [-0.2, -0.15) is 4.36 Å². The van der Waals surface area contributed by atoms with Crippen molar-refractivity contribution < 1.29 is 23.0 Å². The van der Waals surface area contributed by atoms with E-state index in [2.05, 4.69) is 14.2 Å². The summed E-state index contributed by atoms with van der Waals surface area (Å²) in [6, 6.07) is 16.6. The summed E-state index contributed by atoms with van der Waals surface area (Å²) < 4.78 is 26.3. The van der Waals surface area contributed by atoms with E-state index in [1.165, 1.54) is 7.11 Å². The number of aliphatic hydroxyl groups is 1. The average molecular weight is 499 g/mol. The molecule has 0 radical (unpaired) electrons. The van der Waals surface area contributed by atoms with Gasteiger partial charge >= 0.3 is 0 Å². The highest BCUT2D eigenvalue weighted by atomic mass is 32.2. The lowest BCUT2D eigenvalue weighted by molar-refractivity contribution is -0.134. The number of rotatable bonds is 9. The van der Waals surface area contributed by atoms with Crippen LogP contribution in [0.25, 0.3) is 10.9 Å². The summed E-state index contributed by atoms with van der Waals surface area (Å²) in [7, 11) is 0.954. The Labute approximate surface area is 206 Å². The van der Waals surface area contributed by atoms with Gasteiger partial charge in [0.15, 0.2) is 17.5 Å². The SMILES string of the molecule is CO[SH](=O)=Nc1ccc2nccc(OCC(=O)N(C)C(CN3CC[C@H](O)C3)c3ccccc3)c2c1. The van der Waals surface area contributed by atoms with Crippen molar-refractivity contribution in [2.24, 2.45) is 4.36 Å². The second-order valence-electron chi connectivity index (χ2n) is 8.45. The minimum Gasteiger partial charge on any atom is -0.483 e. The van der Waals surface area contributed by atoms with E-state index in [0.29, 0.717) is 35.4 Å². The third-order valence-electron chi connectivity index (χ3n) is 6.11. The number of β-amino-alcohol motifs (C(OH)–C–C–N with tert-alkyl or cyclic N) is 1. The van der Waals surface area contributed by atoms with Crippen molar-refractivity contribution in [1.29, 1.82) is 0 Å². The molecular formula is C25H30N4O5S. The van der Waals surface area contributed by atoms with Crippen molar-refractivity contribution in [2.45, 2.75) is 18.6 Å². The molecule has 3 aromatic rings. The molecule has 1 saturated heterocycles. The summed E-state index contributed by atoms with van der Waals surface area (Å²) in [6.07, 6.45) is 2.03. The predicted molar refractivity (Wildman–Crippen MR) is 135 cm³/mol. The van der Waals surface area contributed by atoms with Crippen molar-refractivity contribution in [3.05, 3.63) is 66.4 Å². The zero-order valence-electron chi connectivity index (χ0n) is 19.8. The second kappa shape index (κ2) is 11.6. The Morgan fingerprint density at radius 1 is 1.29 bits per heavy atom. The summed E-state index contributed by atoms with van der Waals surface area (Å²) >= 11 is 0. The summed E-state index contributed by atoms with van der Waals surface area (Å²) in [5.41, 5.74) is 2.17. The van der Waals surface area contributed by atoms with Crippen molar-refractivity contribution >= 4 is 33.4 Å². The molecule has 10 heteroatoms. The fourth-order valence-electron chi connectivity index (χ4n) is 4.20. The van der Waals surface area contributed by atoms with E-state index in [1.807, 2.05) is 30.3 Å². The van der Waals surface area contributed by atoms with Crippen LogP contribution in [0, 0.1) is 0 Å². The third kappa shape index (κ3) is 6.34. The van der Waals surface area contributed by atoms with E-state index in [1.54, 1.807) is 42.4 Å². The van der Waals surface area contributed by atoms with Gasteiger partial charge in [-0.1, -0.05) is 30.3 Å². The van der Waals surface area contributed by atoms with Crippen molar-refractivity contribution in [3.63, 3.8) is 0 Å². The molecule has 0 saturated carbocycles. The number of pyridine rings is 1. The number of hydrogen-bond acceptors (Lipinski definition) is 8. The van der Waals surface area contributed by atoms with E-state index in [9.17, 15) is 14.1 Å². The summed E-state index contributed by atoms with van der Waals surface area (Å²) in [5, 5.41) is 10.6. The van der Waals surface area contributed by atoms with Crippen LogP contribution in [-0.4, -0.2) is 76.5 Å². The van der Waals surface area contributed by atoms with E-state index in [4.69, 9.17) is 8.92 Å². The standard InChI is InChI=1S/C25H30N4O5S/c1-28(23(18-6-4-3-5-7-18)16-29-13-11-20(30)15-29)25(31)17-34-24-10-12-26-22-9-8-19(14-21(22)24)27-35(32)33-2/h3-10,12,14,20,23,30,35H,11,13,15-17H2,1-2H3/t20-,23?/m0/s1. The third-order valence-corrected chi connectivity index (χ3v) is 6.82. The quantitative estimate of drug-likeness (QED) is 0.437. The Morgan fingerprint density at radius 3 is 2.80 bits per heavy atom. The highest BCUT2D eigenvalue weighted by Gasteiger charge is 2.28. The highest BCUT2D eigenvalue weighted by Crippen LogP contribution is 2.29. The molecule has 1 fully saturated rings. The number of aliphatic hydroxyl groups excluding tert-OH is 1. The van der Waals surface area contributed by atoms with Crippen molar-refractivity contribution in [3.8, 4) is 5.75 Å². The number of carbonyl (C=O) groups excluding carboxylic acids is 1. The molecule has 0 aliphatic carbocycles. The number of hydrogen-bond donors (Lipinski definition) is 2. The predicted octanol–water partition coefficient (Wildman–Crippen LogP) is 2.74. The van der Waals surface area contributed by atoms with Crippen molar-refractivity contribution in [2.75, 3.05) is 40.4 Å². The number of carbonyl (C=O) groups is 1. The molecule has 2 heterocycles. The molecule has 9 nitrogen and oxygen atoms in total. The van der Waals surface area contributed by atoms with Crippen LogP contribution in [0.2, 0.25) is 0 Å². The molecule has 1 aliphatic rings. The van der Waals surface area contributed by atoms with Crippen LogP contribution in [0.1, 0.15) is 18.0 Å². The maximum Gasteiger partial charge on any atom is 0.260 e. The van der Waals surface area contributed by atoms with E-state index in [0.717, 1.165) is 18.5 Å². The number of aromatic nitrogens is 1. The van der Waals surface area contributed by atoms with Gasteiger partial charge in [0.1, 0.15) is 5.75 Å². The molecule has 3 atom stereocenters. The average Bonchev–Trinajstić information content (AvgIpc) is 3.30. The largest absolute Gasteiger partial charge is 0.483 e. The molecule has 2 aromatic carbocycles.